The molecule has 3 aliphatic rings. The van der Waals surface area contributed by atoms with Gasteiger partial charge in [0.05, 0.1) is 11.6 Å². The standard InChI is InChI=1S/C33H42FN5O3/c1-37(32(40)31-17-24(18-35)16-26-4-2-3-5-30(26)31)20-27(25-6-8-28(34)9-7-25)12-13-38-21-29(22-38)39-14-10-23(11-15-39)19-36-33(41)42/h6-9,16-17,23,27,29,36H,2-5,10-15,19-22H2,1H3,(H,41,42). The number of rotatable bonds is 10. The molecule has 0 saturated carbocycles. The lowest BCUT2D eigenvalue weighted by Crippen LogP contribution is -2.61. The Hall–Kier alpha value is -3.48. The number of aryl methyl sites for hydroxylation is 1. The number of carbonyl (C=O) groups excluding carboxylic acids is 1. The van der Waals surface area contributed by atoms with Crippen molar-refractivity contribution in [3.05, 3.63) is 70.0 Å². The molecule has 2 fully saturated rings. The van der Waals surface area contributed by atoms with Crippen molar-refractivity contribution in [3.8, 4) is 6.07 Å². The smallest absolute Gasteiger partial charge is 0.404 e. The monoisotopic (exact) mass is 575 g/mol. The van der Waals surface area contributed by atoms with E-state index in [2.05, 4.69) is 21.2 Å². The fourth-order valence-electron chi connectivity index (χ4n) is 6.89. The van der Waals surface area contributed by atoms with Gasteiger partial charge in [0, 0.05) is 50.7 Å². The van der Waals surface area contributed by atoms with E-state index in [4.69, 9.17) is 5.11 Å². The molecule has 0 aromatic heterocycles. The van der Waals surface area contributed by atoms with Crippen molar-refractivity contribution in [1.29, 1.82) is 5.26 Å². The Morgan fingerprint density at radius 1 is 1.14 bits per heavy atom. The van der Waals surface area contributed by atoms with Crippen LogP contribution in [0.3, 0.4) is 0 Å². The highest BCUT2D eigenvalue weighted by Crippen LogP contribution is 2.29. The quantitative estimate of drug-likeness (QED) is 0.433. The highest BCUT2D eigenvalue weighted by atomic mass is 19.1. The lowest BCUT2D eigenvalue weighted by Gasteiger charge is -2.48. The van der Waals surface area contributed by atoms with Gasteiger partial charge in [-0.2, -0.15) is 5.26 Å². The van der Waals surface area contributed by atoms with Gasteiger partial charge in [-0.3, -0.25) is 9.69 Å². The van der Waals surface area contributed by atoms with E-state index in [9.17, 15) is 19.2 Å². The van der Waals surface area contributed by atoms with E-state index in [1.165, 1.54) is 12.1 Å². The largest absolute Gasteiger partial charge is 0.465 e. The van der Waals surface area contributed by atoms with Crippen LogP contribution >= 0.6 is 0 Å². The van der Waals surface area contributed by atoms with Crippen LogP contribution in [0.15, 0.2) is 36.4 Å². The van der Waals surface area contributed by atoms with Gasteiger partial charge in [-0.1, -0.05) is 12.1 Å². The zero-order valence-corrected chi connectivity index (χ0v) is 24.5. The molecule has 2 N–H and O–H groups in total. The van der Waals surface area contributed by atoms with Crippen LogP contribution in [-0.2, 0) is 12.8 Å². The summed E-state index contributed by atoms with van der Waals surface area (Å²) in [7, 11) is 1.84. The number of amides is 2. The minimum absolute atomic E-state index is 0.0525. The highest BCUT2D eigenvalue weighted by Gasteiger charge is 2.34. The predicted molar refractivity (Wildman–Crippen MR) is 159 cm³/mol. The number of fused-ring (bicyclic) bond motifs is 1. The maximum absolute atomic E-state index is 13.8. The number of likely N-dealkylation sites (tertiary alicyclic amines) is 2. The van der Waals surface area contributed by atoms with Crippen molar-refractivity contribution in [2.24, 2.45) is 5.92 Å². The van der Waals surface area contributed by atoms with E-state index < -0.39 is 6.09 Å². The maximum atomic E-state index is 13.8. The number of piperidine rings is 1. The van der Waals surface area contributed by atoms with Gasteiger partial charge in [-0.05, 0) is 111 Å². The Balaban J connectivity index is 1.18. The Morgan fingerprint density at radius 2 is 1.86 bits per heavy atom. The summed E-state index contributed by atoms with van der Waals surface area (Å²) in [6.07, 6.45) is 5.85. The summed E-state index contributed by atoms with van der Waals surface area (Å²) in [5.74, 6) is 0.155. The third-order valence-corrected chi connectivity index (χ3v) is 9.45. The van der Waals surface area contributed by atoms with E-state index in [0.717, 1.165) is 94.4 Å². The summed E-state index contributed by atoms with van der Waals surface area (Å²) < 4.78 is 13.8. The zero-order chi connectivity index (χ0) is 29.6. The van der Waals surface area contributed by atoms with E-state index >= 15 is 0 Å². The van der Waals surface area contributed by atoms with Gasteiger partial charge in [0.1, 0.15) is 5.82 Å². The first kappa shape index (κ1) is 30.0. The third kappa shape index (κ3) is 7.29. The molecule has 224 valence electrons. The summed E-state index contributed by atoms with van der Waals surface area (Å²) in [5.41, 5.74) is 4.43. The first-order valence-corrected chi connectivity index (χ1v) is 15.3. The molecule has 0 bridgehead atoms. The van der Waals surface area contributed by atoms with Gasteiger partial charge < -0.3 is 20.2 Å². The van der Waals surface area contributed by atoms with Crippen LogP contribution in [0.1, 0.15) is 70.6 Å². The second kappa shape index (κ2) is 13.7. The van der Waals surface area contributed by atoms with E-state index in [0.29, 0.717) is 36.2 Å². The zero-order valence-electron chi connectivity index (χ0n) is 24.5. The van der Waals surface area contributed by atoms with Crippen molar-refractivity contribution >= 4 is 12.0 Å². The molecule has 1 atom stereocenters. The number of carboxylic acid groups (broad SMARTS) is 1. The molecule has 0 radical (unpaired) electrons. The van der Waals surface area contributed by atoms with Crippen LogP contribution in [-0.4, -0.2) is 90.7 Å². The summed E-state index contributed by atoms with van der Waals surface area (Å²) in [4.78, 5) is 31.3. The molecule has 5 rings (SSSR count). The second-order valence-corrected chi connectivity index (χ2v) is 12.3. The van der Waals surface area contributed by atoms with Gasteiger partial charge in [0.2, 0.25) is 0 Å². The highest BCUT2D eigenvalue weighted by molar-refractivity contribution is 5.96. The van der Waals surface area contributed by atoms with Crippen LogP contribution < -0.4 is 5.32 Å². The molecule has 0 spiro atoms. The fraction of sp³-hybridized carbons (Fsp3) is 0.545. The maximum Gasteiger partial charge on any atom is 0.404 e. The summed E-state index contributed by atoms with van der Waals surface area (Å²) in [5, 5.41) is 20.9. The van der Waals surface area contributed by atoms with Crippen LogP contribution in [0, 0.1) is 23.1 Å². The van der Waals surface area contributed by atoms with Gasteiger partial charge in [0.25, 0.3) is 5.91 Å². The molecule has 2 aliphatic heterocycles. The molecule has 2 saturated heterocycles. The number of nitrogens with zero attached hydrogens (tertiary/aromatic N) is 4. The molecule has 2 amide bonds. The van der Waals surface area contributed by atoms with E-state index in [1.54, 1.807) is 11.0 Å². The minimum Gasteiger partial charge on any atom is -0.465 e. The molecular formula is C33H42FN5O3. The van der Waals surface area contributed by atoms with Gasteiger partial charge in [-0.25, -0.2) is 9.18 Å². The van der Waals surface area contributed by atoms with Crippen LogP contribution in [0.25, 0.3) is 0 Å². The number of benzene rings is 2. The van der Waals surface area contributed by atoms with Crippen LogP contribution in [0.2, 0.25) is 0 Å². The number of halogens is 1. The fourth-order valence-corrected chi connectivity index (χ4v) is 6.89. The Morgan fingerprint density at radius 3 is 2.55 bits per heavy atom. The van der Waals surface area contributed by atoms with Crippen LogP contribution in [0.5, 0.6) is 0 Å². The van der Waals surface area contributed by atoms with Gasteiger partial charge >= 0.3 is 6.09 Å². The first-order chi connectivity index (χ1) is 20.3. The normalized spacial score (nSPS) is 18.9. The third-order valence-electron chi connectivity index (χ3n) is 9.45. The second-order valence-electron chi connectivity index (χ2n) is 12.3. The van der Waals surface area contributed by atoms with E-state index in [-0.39, 0.29) is 17.6 Å². The van der Waals surface area contributed by atoms with Crippen molar-refractivity contribution in [1.82, 2.24) is 20.0 Å². The van der Waals surface area contributed by atoms with Crippen molar-refractivity contribution in [3.63, 3.8) is 0 Å². The predicted octanol–water partition coefficient (Wildman–Crippen LogP) is 4.49. The molecule has 2 aromatic rings. The Kier molecular flexibility index (Phi) is 9.76. The average Bonchev–Trinajstić information content (AvgIpc) is 2.98. The van der Waals surface area contributed by atoms with Crippen molar-refractivity contribution in [2.75, 3.05) is 52.9 Å². The van der Waals surface area contributed by atoms with Gasteiger partial charge in [0.15, 0.2) is 0 Å². The number of likely N-dealkylation sites (N-methyl/N-ethyl adjacent to an activating group) is 1. The number of hydrogen-bond acceptors (Lipinski definition) is 5. The molecule has 1 aliphatic carbocycles. The van der Waals surface area contributed by atoms with Crippen molar-refractivity contribution in [2.45, 2.75) is 56.9 Å². The van der Waals surface area contributed by atoms with Crippen LogP contribution in [0.4, 0.5) is 9.18 Å². The number of hydrogen-bond donors (Lipinski definition) is 2. The molecule has 2 aromatic carbocycles. The minimum atomic E-state index is -0.950. The summed E-state index contributed by atoms with van der Waals surface area (Å²) in [6, 6.07) is 13.1. The molecule has 42 heavy (non-hydrogen) atoms. The topological polar surface area (TPSA) is 99.9 Å². The summed E-state index contributed by atoms with van der Waals surface area (Å²) in [6.45, 7) is 5.99. The first-order valence-electron chi connectivity index (χ1n) is 15.3. The number of nitriles is 1. The molecular weight excluding hydrogens is 533 g/mol. The number of carbonyl (C=O) groups is 2. The lowest BCUT2D eigenvalue weighted by atomic mass is 9.86. The number of nitrogens with one attached hydrogen (secondary N) is 1. The summed E-state index contributed by atoms with van der Waals surface area (Å²) >= 11 is 0. The molecule has 2 heterocycles. The lowest BCUT2D eigenvalue weighted by molar-refractivity contribution is 0.0129. The Labute approximate surface area is 248 Å². The molecule has 9 heteroatoms. The van der Waals surface area contributed by atoms with Crippen molar-refractivity contribution < 1.29 is 19.1 Å². The Bertz CT molecular complexity index is 1300. The van der Waals surface area contributed by atoms with E-state index in [1.807, 2.05) is 25.2 Å². The molecule has 8 nitrogen and oxygen atoms in total. The molecule has 1 unspecified atom stereocenters. The average molecular weight is 576 g/mol. The van der Waals surface area contributed by atoms with Gasteiger partial charge in [-0.15, -0.1) is 0 Å². The SMILES string of the molecule is CN(CC(CCN1CC(N2CCC(CNC(=O)O)CC2)C1)c1ccc(F)cc1)C(=O)c1cc(C#N)cc2c1CCCC2.